The van der Waals surface area contributed by atoms with Crippen molar-refractivity contribution < 1.29 is 44.2 Å². The zero-order chi connectivity index (χ0) is 27.4. The maximum Gasteiger partial charge on any atom is 0.249 e. The molecule has 1 saturated carbocycles. The molecule has 15 nitrogen and oxygen atoms in total. The van der Waals surface area contributed by atoms with Gasteiger partial charge in [-0.25, -0.2) is 0 Å². The van der Waals surface area contributed by atoms with E-state index in [1.807, 2.05) is 0 Å². The van der Waals surface area contributed by atoms with Gasteiger partial charge in [0.1, 0.15) is 36.6 Å². The molecule has 3 rings (SSSR count). The average Bonchev–Trinajstić information content (AvgIpc) is 2.87. The fraction of sp³-hybridized carbons (Fsp3) is 0.955. The van der Waals surface area contributed by atoms with Crippen molar-refractivity contribution in [2.75, 3.05) is 13.1 Å². The topological polar surface area (TPSA) is 277 Å². The lowest BCUT2D eigenvalue weighted by Crippen LogP contribution is -2.68. The molecule has 0 aromatic heterocycles. The molecular weight excluding hydrogens is 492 g/mol. The van der Waals surface area contributed by atoms with Crippen LogP contribution < -0.4 is 34.0 Å². The molecule has 1 aliphatic carbocycles. The van der Waals surface area contributed by atoms with Crippen molar-refractivity contribution >= 4 is 5.91 Å². The smallest absolute Gasteiger partial charge is 0.249 e. The number of nitrogens with one attached hydrogen (secondary N) is 1. The minimum Gasteiger partial charge on any atom is -0.388 e. The summed E-state index contributed by atoms with van der Waals surface area (Å²) in [5.74, 6) is -0.729. The highest BCUT2D eigenvalue weighted by molar-refractivity contribution is 5.80. The summed E-state index contributed by atoms with van der Waals surface area (Å²) in [4.78, 5) is 12.4. The summed E-state index contributed by atoms with van der Waals surface area (Å²) in [7, 11) is 0. The fourth-order valence-electron chi connectivity index (χ4n) is 4.93. The molecular formula is C22H44N6O9. The van der Waals surface area contributed by atoms with Crippen LogP contribution in [0.1, 0.15) is 32.6 Å². The van der Waals surface area contributed by atoms with Gasteiger partial charge < -0.3 is 73.4 Å². The summed E-state index contributed by atoms with van der Waals surface area (Å²) in [6, 6.07) is -3.10. The van der Waals surface area contributed by atoms with Gasteiger partial charge in [-0.1, -0.05) is 0 Å². The molecule has 0 aromatic rings. The Morgan fingerprint density at radius 2 is 1.65 bits per heavy atom. The SMILES string of the molecule is CC1O[C@@H](O[C@H]2C(O[C@@H]3OC(CN)CCC3N)C(N)C[C@@H](NC(=O)[C@@H](O)CCN)C2O)C(O)[C@@H](O)[C@H]1N. The van der Waals surface area contributed by atoms with Gasteiger partial charge in [0.05, 0.1) is 30.3 Å². The van der Waals surface area contributed by atoms with E-state index in [1.54, 1.807) is 6.92 Å². The number of carbonyl (C=O) groups is 1. The van der Waals surface area contributed by atoms with E-state index >= 15 is 0 Å². The van der Waals surface area contributed by atoms with Crippen LogP contribution in [0.5, 0.6) is 0 Å². The molecule has 216 valence electrons. The highest BCUT2D eigenvalue weighted by Gasteiger charge is 2.51. The Labute approximate surface area is 215 Å². The van der Waals surface area contributed by atoms with Crippen LogP contribution in [0.3, 0.4) is 0 Å². The highest BCUT2D eigenvalue weighted by atomic mass is 16.7. The molecule has 0 aromatic carbocycles. The normalized spacial score (nSPS) is 45.8. The van der Waals surface area contributed by atoms with Gasteiger partial charge in [0.2, 0.25) is 5.91 Å². The lowest BCUT2D eigenvalue weighted by molar-refractivity contribution is -0.321. The third kappa shape index (κ3) is 7.13. The Morgan fingerprint density at radius 1 is 0.973 bits per heavy atom. The van der Waals surface area contributed by atoms with Crippen LogP contribution in [0.15, 0.2) is 0 Å². The first-order valence-corrected chi connectivity index (χ1v) is 12.8. The summed E-state index contributed by atoms with van der Waals surface area (Å²) in [6.07, 6.45) is -9.85. The molecule has 0 spiro atoms. The number of aliphatic hydroxyl groups is 4. The van der Waals surface area contributed by atoms with Crippen LogP contribution >= 0.6 is 0 Å². The number of carbonyl (C=O) groups excluding carboxylic acids is 1. The van der Waals surface area contributed by atoms with E-state index in [9.17, 15) is 25.2 Å². The molecule has 1 amide bonds. The van der Waals surface area contributed by atoms with Crippen LogP contribution in [-0.4, -0.2) is 125 Å². The van der Waals surface area contributed by atoms with Crippen LogP contribution in [0.25, 0.3) is 0 Å². The third-order valence-electron chi connectivity index (χ3n) is 7.35. The summed E-state index contributed by atoms with van der Waals surface area (Å²) in [5, 5.41) is 44.8. The summed E-state index contributed by atoms with van der Waals surface area (Å²) < 4.78 is 23.7. The second-order valence-electron chi connectivity index (χ2n) is 10.2. The number of nitrogens with two attached hydrogens (primary N) is 5. The molecule has 15 heteroatoms. The largest absolute Gasteiger partial charge is 0.388 e. The Balaban J connectivity index is 1.82. The van der Waals surface area contributed by atoms with Crippen molar-refractivity contribution in [3.63, 3.8) is 0 Å². The third-order valence-corrected chi connectivity index (χ3v) is 7.35. The Morgan fingerprint density at radius 3 is 2.30 bits per heavy atom. The van der Waals surface area contributed by atoms with Gasteiger partial charge in [0.15, 0.2) is 12.6 Å². The Bertz CT molecular complexity index is 741. The molecule has 0 radical (unpaired) electrons. The molecule has 2 saturated heterocycles. The molecule has 2 heterocycles. The quantitative estimate of drug-likeness (QED) is 0.132. The predicted molar refractivity (Wildman–Crippen MR) is 129 cm³/mol. The molecule has 7 unspecified atom stereocenters. The first-order chi connectivity index (χ1) is 17.5. The van der Waals surface area contributed by atoms with Gasteiger partial charge >= 0.3 is 0 Å². The van der Waals surface area contributed by atoms with E-state index in [0.717, 1.165) is 0 Å². The summed E-state index contributed by atoms with van der Waals surface area (Å²) >= 11 is 0. The second-order valence-corrected chi connectivity index (χ2v) is 10.2. The van der Waals surface area contributed by atoms with Crippen molar-refractivity contribution in [1.82, 2.24) is 5.32 Å². The predicted octanol–water partition coefficient (Wildman–Crippen LogP) is -5.37. The monoisotopic (exact) mass is 536 g/mol. The van der Waals surface area contributed by atoms with Gasteiger partial charge in [0.25, 0.3) is 0 Å². The standard InChI is InChI=1S/C22H44N6O9/c1-8-14(27)16(31)17(32)22(34-8)37-19-15(30)12(28-20(33)13(29)4-5-23)6-11(26)18(19)36-21-10(25)3-2-9(7-24)35-21/h8-19,21-22,29-32H,2-7,23-27H2,1H3,(H,28,33)/t8?,9?,10?,11?,12-,13+,14+,15?,16+,17?,18?,19-,21+,22+/m1/s1. The van der Waals surface area contributed by atoms with Crippen LogP contribution in [0, 0.1) is 0 Å². The minimum atomic E-state index is -1.54. The lowest BCUT2D eigenvalue weighted by Gasteiger charge is -2.48. The van der Waals surface area contributed by atoms with E-state index in [2.05, 4.69) is 5.32 Å². The fourth-order valence-corrected chi connectivity index (χ4v) is 4.93. The maximum absolute atomic E-state index is 12.4. The van der Waals surface area contributed by atoms with E-state index < -0.39 is 85.4 Å². The zero-order valence-electron chi connectivity index (χ0n) is 21.0. The van der Waals surface area contributed by atoms with Crippen LogP contribution in [-0.2, 0) is 23.7 Å². The minimum absolute atomic E-state index is 0.0315. The highest BCUT2D eigenvalue weighted by Crippen LogP contribution is 2.32. The van der Waals surface area contributed by atoms with Crippen molar-refractivity contribution in [3.8, 4) is 0 Å². The molecule has 37 heavy (non-hydrogen) atoms. The molecule has 3 aliphatic rings. The van der Waals surface area contributed by atoms with E-state index in [1.165, 1.54) is 0 Å². The molecule has 15 N–H and O–H groups in total. The molecule has 3 fully saturated rings. The Hall–Kier alpha value is -1.05. The zero-order valence-corrected chi connectivity index (χ0v) is 21.0. The van der Waals surface area contributed by atoms with Gasteiger partial charge in [-0.05, 0) is 39.2 Å². The molecule has 14 atom stereocenters. The number of ether oxygens (including phenoxy) is 4. The van der Waals surface area contributed by atoms with Crippen LogP contribution in [0.4, 0.5) is 0 Å². The van der Waals surface area contributed by atoms with Gasteiger partial charge in [-0.15, -0.1) is 0 Å². The van der Waals surface area contributed by atoms with Crippen molar-refractivity contribution in [2.45, 2.75) is 118 Å². The Kier molecular flexibility index (Phi) is 11.0. The van der Waals surface area contributed by atoms with Gasteiger partial charge in [0, 0.05) is 12.6 Å². The number of hydrogen-bond donors (Lipinski definition) is 10. The van der Waals surface area contributed by atoms with Crippen molar-refractivity contribution in [2.24, 2.45) is 28.7 Å². The number of rotatable bonds is 9. The molecule has 0 bridgehead atoms. The molecule has 2 aliphatic heterocycles. The number of aliphatic hydroxyl groups excluding tert-OH is 4. The summed E-state index contributed by atoms with van der Waals surface area (Å²) in [5.41, 5.74) is 29.7. The van der Waals surface area contributed by atoms with Gasteiger partial charge in [-0.2, -0.15) is 0 Å². The number of hydrogen-bond acceptors (Lipinski definition) is 14. The average molecular weight is 537 g/mol. The van der Waals surface area contributed by atoms with Crippen LogP contribution in [0.2, 0.25) is 0 Å². The number of amides is 1. The van der Waals surface area contributed by atoms with Crippen molar-refractivity contribution in [1.29, 1.82) is 0 Å². The maximum atomic E-state index is 12.4. The van der Waals surface area contributed by atoms with Gasteiger partial charge in [-0.3, -0.25) is 4.79 Å². The van der Waals surface area contributed by atoms with E-state index in [0.29, 0.717) is 12.8 Å². The second kappa shape index (κ2) is 13.3. The first-order valence-electron chi connectivity index (χ1n) is 12.8. The van der Waals surface area contributed by atoms with Crippen molar-refractivity contribution in [3.05, 3.63) is 0 Å². The van der Waals surface area contributed by atoms with E-state index in [4.69, 9.17) is 47.6 Å². The first kappa shape index (κ1) is 30.5. The van der Waals surface area contributed by atoms with E-state index in [-0.39, 0.29) is 32.0 Å². The summed E-state index contributed by atoms with van der Waals surface area (Å²) in [6.45, 7) is 1.97. The lowest BCUT2D eigenvalue weighted by atomic mass is 9.83.